The first-order chi connectivity index (χ1) is 14.5. The van der Waals surface area contributed by atoms with E-state index in [0.29, 0.717) is 6.42 Å². The number of methoxy groups -OCH3 is 1. The summed E-state index contributed by atoms with van der Waals surface area (Å²) in [5.41, 5.74) is 6.72. The van der Waals surface area contributed by atoms with Crippen molar-refractivity contribution in [2.75, 3.05) is 7.11 Å². The van der Waals surface area contributed by atoms with Crippen molar-refractivity contribution in [3.8, 4) is 0 Å². The van der Waals surface area contributed by atoms with Gasteiger partial charge in [0, 0.05) is 23.8 Å². The van der Waals surface area contributed by atoms with Crippen LogP contribution < -0.4 is 0 Å². The molecule has 0 saturated carbocycles. The van der Waals surface area contributed by atoms with Gasteiger partial charge in [0.1, 0.15) is 0 Å². The van der Waals surface area contributed by atoms with Crippen LogP contribution in [-0.2, 0) is 16.1 Å². The van der Waals surface area contributed by atoms with Crippen LogP contribution in [0.5, 0.6) is 0 Å². The van der Waals surface area contributed by atoms with Gasteiger partial charge in [-0.2, -0.15) is 0 Å². The van der Waals surface area contributed by atoms with Gasteiger partial charge in [0.15, 0.2) is 11.4 Å². The second kappa shape index (κ2) is 7.84. The standard InChI is InChI=1S/C26H30N2O2/c1-6-11-23-20(7-2)21(26(8-3,30-5)17(4)29)15-24-25-19(16-28(23)24)14-18-12-9-10-13-22(18)27-25/h9-15H,6-8,16H2,1-5H3. The summed E-state index contributed by atoms with van der Waals surface area (Å²) in [7, 11) is 1.65. The molecule has 1 atom stereocenters. The van der Waals surface area contributed by atoms with Crippen molar-refractivity contribution in [3.63, 3.8) is 0 Å². The monoisotopic (exact) mass is 402 g/mol. The number of fused-ring (bicyclic) bond motifs is 4. The van der Waals surface area contributed by atoms with Crippen molar-refractivity contribution in [1.82, 2.24) is 9.88 Å². The SMILES string of the molecule is CCC=C1C(CC)=C(C(CC)(OC)C(C)=O)C=C2c3nc4ccccc4cc3CN12. The fourth-order valence-corrected chi connectivity index (χ4v) is 4.96. The highest BCUT2D eigenvalue weighted by molar-refractivity contribution is 5.92. The molecule has 156 valence electrons. The minimum atomic E-state index is -0.934. The Kier molecular flexibility index (Phi) is 5.37. The van der Waals surface area contributed by atoms with E-state index < -0.39 is 5.60 Å². The Labute approximate surface area is 178 Å². The highest BCUT2D eigenvalue weighted by Crippen LogP contribution is 2.47. The number of carbonyl (C=O) groups excluding carboxylic acids is 1. The summed E-state index contributed by atoms with van der Waals surface area (Å²) >= 11 is 0. The first-order valence-corrected chi connectivity index (χ1v) is 10.9. The van der Waals surface area contributed by atoms with Crippen LogP contribution in [0.15, 0.2) is 59.3 Å². The van der Waals surface area contributed by atoms with Crippen LogP contribution in [-0.4, -0.2) is 28.4 Å². The van der Waals surface area contributed by atoms with Crippen molar-refractivity contribution < 1.29 is 9.53 Å². The van der Waals surface area contributed by atoms with Crippen molar-refractivity contribution in [1.29, 1.82) is 0 Å². The van der Waals surface area contributed by atoms with Crippen LogP contribution in [0.25, 0.3) is 16.6 Å². The van der Waals surface area contributed by atoms with Crippen molar-refractivity contribution >= 4 is 22.4 Å². The van der Waals surface area contributed by atoms with Crippen molar-refractivity contribution in [3.05, 3.63) is 70.6 Å². The lowest BCUT2D eigenvalue weighted by Gasteiger charge is -2.38. The Balaban J connectivity index is 2.00. The van der Waals surface area contributed by atoms with Gasteiger partial charge in [-0.05, 0) is 55.5 Å². The summed E-state index contributed by atoms with van der Waals surface area (Å²) in [5, 5.41) is 1.16. The molecule has 0 saturated heterocycles. The summed E-state index contributed by atoms with van der Waals surface area (Å²) in [6.45, 7) is 8.77. The van der Waals surface area contributed by atoms with Crippen LogP contribution in [0.3, 0.4) is 0 Å². The number of para-hydroxylation sites is 1. The molecule has 4 rings (SSSR count). The second-order valence-corrected chi connectivity index (χ2v) is 7.99. The molecule has 2 aromatic rings. The van der Waals surface area contributed by atoms with Crippen molar-refractivity contribution in [2.45, 2.75) is 59.1 Å². The smallest absolute Gasteiger partial charge is 0.166 e. The average molecular weight is 403 g/mol. The Hall–Kier alpha value is -2.72. The fourth-order valence-electron chi connectivity index (χ4n) is 4.96. The van der Waals surface area contributed by atoms with Crippen LogP contribution in [0.4, 0.5) is 0 Å². The number of nitrogens with zero attached hydrogens (tertiary/aromatic N) is 2. The number of allylic oxidation sites excluding steroid dienone is 2. The van der Waals surface area contributed by atoms with Gasteiger partial charge in [-0.15, -0.1) is 0 Å². The Morgan fingerprint density at radius 2 is 2.03 bits per heavy atom. The molecule has 2 aliphatic heterocycles. The molecule has 2 aliphatic rings. The molecule has 3 heterocycles. The molecule has 0 amide bonds. The molecule has 0 aliphatic carbocycles. The molecule has 4 heteroatoms. The number of ether oxygens (including phenoxy) is 1. The summed E-state index contributed by atoms with van der Waals surface area (Å²) in [6, 6.07) is 10.5. The zero-order valence-electron chi connectivity index (χ0n) is 18.6. The highest BCUT2D eigenvalue weighted by Gasteiger charge is 2.43. The normalized spacial score (nSPS) is 19.0. The van der Waals surface area contributed by atoms with Crippen LogP contribution in [0.1, 0.15) is 58.2 Å². The fraction of sp³-hybridized carbons (Fsp3) is 0.385. The summed E-state index contributed by atoms with van der Waals surface area (Å²) in [4.78, 5) is 20.2. The number of rotatable bonds is 6. The molecule has 0 N–H and O–H groups in total. The van der Waals surface area contributed by atoms with Crippen LogP contribution >= 0.6 is 0 Å². The quantitative estimate of drug-likeness (QED) is 0.613. The van der Waals surface area contributed by atoms with Crippen LogP contribution in [0.2, 0.25) is 0 Å². The molecular weight excluding hydrogens is 372 g/mol. The third-order valence-corrected chi connectivity index (χ3v) is 6.47. The predicted molar refractivity (Wildman–Crippen MR) is 122 cm³/mol. The minimum absolute atomic E-state index is 0.0410. The maximum atomic E-state index is 12.8. The first-order valence-electron chi connectivity index (χ1n) is 10.9. The number of carbonyl (C=O) groups is 1. The largest absolute Gasteiger partial charge is 0.366 e. The first kappa shape index (κ1) is 20.5. The van der Waals surface area contributed by atoms with Gasteiger partial charge in [-0.1, -0.05) is 45.0 Å². The lowest BCUT2D eigenvalue weighted by Crippen LogP contribution is -2.42. The summed E-state index contributed by atoms with van der Waals surface area (Å²) in [5.74, 6) is 0.0410. The number of Topliss-reactive ketones (excluding diaryl/α,β-unsaturated/α-hetero) is 1. The lowest BCUT2D eigenvalue weighted by molar-refractivity contribution is -0.134. The van der Waals surface area contributed by atoms with Gasteiger partial charge in [0.2, 0.25) is 0 Å². The number of pyridine rings is 1. The third kappa shape index (κ3) is 2.93. The maximum absolute atomic E-state index is 12.8. The molecule has 1 aromatic heterocycles. The Morgan fingerprint density at radius 1 is 1.27 bits per heavy atom. The zero-order chi connectivity index (χ0) is 21.5. The molecular formula is C26H30N2O2. The molecule has 0 fully saturated rings. The molecule has 30 heavy (non-hydrogen) atoms. The van der Waals surface area contributed by atoms with E-state index in [9.17, 15) is 4.79 Å². The van der Waals surface area contributed by atoms with E-state index in [2.05, 4.69) is 55.2 Å². The molecule has 0 spiro atoms. The van der Waals surface area contributed by atoms with Gasteiger partial charge in [0.25, 0.3) is 0 Å². The predicted octanol–water partition coefficient (Wildman–Crippen LogP) is 5.79. The number of aromatic nitrogens is 1. The molecule has 0 bridgehead atoms. The molecule has 4 nitrogen and oxygen atoms in total. The van der Waals surface area contributed by atoms with Crippen LogP contribution in [0, 0.1) is 0 Å². The minimum Gasteiger partial charge on any atom is -0.366 e. The van der Waals surface area contributed by atoms with Gasteiger partial charge >= 0.3 is 0 Å². The third-order valence-electron chi connectivity index (χ3n) is 6.47. The Morgan fingerprint density at radius 3 is 2.67 bits per heavy atom. The molecule has 1 unspecified atom stereocenters. The van der Waals surface area contributed by atoms with E-state index in [1.54, 1.807) is 14.0 Å². The van der Waals surface area contributed by atoms with Gasteiger partial charge in [-0.3, -0.25) is 4.79 Å². The average Bonchev–Trinajstić information content (AvgIpc) is 3.11. The van der Waals surface area contributed by atoms with Gasteiger partial charge in [0.05, 0.1) is 23.5 Å². The van der Waals surface area contributed by atoms with E-state index in [1.807, 2.05) is 13.0 Å². The topological polar surface area (TPSA) is 42.4 Å². The van der Waals surface area contributed by atoms with Gasteiger partial charge < -0.3 is 9.64 Å². The van der Waals surface area contributed by atoms with E-state index in [4.69, 9.17) is 9.72 Å². The summed E-state index contributed by atoms with van der Waals surface area (Å²) < 4.78 is 5.94. The van der Waals surface area contributed by atoms with Crippen molar-refractivity contribution in [2.24, 2.45) is 0 Å². The second-order valence-electron chi connectivity index (χ2n) is 7.99. The number of hydrogen-bond acceptors (Lipinski definition) is 4. The highest BCUT2D eigenvalue weighted by atomic mass is 16.5. The molecule has 1 aromatic carbocycles. The van der Waals surface area contributed by atoms with Gasteiger partial charge in [-0.25, -0.2) is 4.98 Å². The number of benzene rings is 1. The number of ketones is 1. The van der Waals surface area contributed by atoms with E-state index in [1.165, 1.54) is 16.8 Å². The van der Waals surface area contributed by atoms with E-state index in [-0.39, 0.29) is 5.78 Å². The summed E-state index contributed by atoms with van der Waals surface area (Å²) in [6.07, 6.45) is 6.79. The lowest BCUT2D eigenvalue weighted by atomic mass is 9.79. The maximum Gasteiger partial charge on any atom is 0.166 e. The molecule has 0 radical (unpaired) electrons. The van der Waals surface area contributed by atoms with E-state index >= 15 is 0 Å². The number of hydrogen-bond donors (Lipinski definition) is 0. The van der Waals surface area contributed by atoms with E-state index in [0.717, 1.165) is 47.3 Å². The Bertz CT molecular complexity index is 1100. The zero-order valence-corrected chi connectivity index (χ0v) is 18.6.